The Kier molecular flexibility index (Phi) is 3.89. The third-order valence-electron chi connectivity index (χ3n) is 4.09. The molecule has 1 aliphatic rings. The number of rotatable bonds is 4. The molecule has 6 nitrogen and oxygen atoms in total. The number of hydrogen-bond acceptors (Lipinski definition) is 5. The first-order chi connectivity index (χ1) is 11.5. The number of aromatic hydroxyl groups is 1. The fourth-order valence-corrected chi connectivity index (χ4v) is 2.78. The molecule has 3 rings (SSSR count). The highest BCUT2D eigenvalue weighted by Crippen LogP contribution is 2.39. The van der Waals surface area contributed by atoms with E-state index in [1.807, 2.05) is 18.2 Å². The molecular weight excluding hydrogens is 306 g/mol. The van der Waals surface area contributed by atoms with Gasteiger partial charge in [-0.05, 0) is 32.0 Å². The number of ether oxygens (including phenoxy) is 1. The van der Waals surface area contributed by atoms with Crippen molar-refractivity contribution in [1.29, 1.82) is 0 Å². The molecule has 0 spiro atoms. The summed E-state index contributed by atoms with van der Waals surface area (Å²) < 4.78 is 5.84. The molecule has 3 N–H and O–H groups in total. The number of carbonyl (C=O) groups is 1. The summed E-state index contributed by atoms with van der Waals surface area (Å²) in [6.07, 6.45) is 0. The number of phenolic OH excluding ortho intramolecular Hbond substituents is 1. The van der Waals surface area contributed by atoms with Gasteiger partial charge in [0.05, 0.1) is 5.56 Å². The molecule has 0 saturated carbocycles. The lowest BCUT2D eigenvalue weighted by Crippen LogP contribution is -2.27. The Morgan fingerprint density at radius 1 is 1.33 bits per heavy atom. The number of phenols is 1. The maximum atomic E-state index is 11.7. The zero-order valence-corrected chi connectivity index (χ0v) is 13.7. The minimum atomic E-state index is -0.647. The lowest BCUT2D eigenvalue weighted by molar-refractivity contribution is 0.0998. The summed E-state index contributed by atoms with van der Waals surface area (Å²) >= 11 is 0. The summed E-state index contributed by atoms with van der Waals surface area (Å²) in [6.45, 7) is 9.59. The van der Waals surface area contributed by atoms with Crippen LogP contribution in [0.1, 0.15) is 24.2 Å². The third-order valence-corrected chi connectivity index (χ3v) is 4.09. The van der Waals surface area contributed by atoms with Crippen LogP contribution in [-0.2, 0) is 0 Å². The van der Waals surface area contributed by atoms with E-state index in [2.05, 4.69) is 30.3 Å². The van der Waals surface area contributed by atoms with Crippen LogP contribution >= 0.6 is 0 Å². The highest BCUT2D eigenvalue weighted by atomic mass is 16.5. The minimum Gasteiger partial charge on any atom is -0.504 e. The van der Waals surface area contributed by atoms with Crippen molar-refractivity contribution in [3.63, 3.8) is 0 Å². The molecule has 0 bridgehead atoms. The first kappa shape index (κ1) is 15.9. The van der Waals surface area contributed by atoms with Gasteiger partial charge in [-0.15, -0.1) is 0 Å². The van der Waals surface area contributed by atoms with E-state index >= 15 is 0 Å². The van der Waals surface area contributed by atoms with Gasteiger partial charge in [0, 0.05) is 30.1 Å². The van der Waals surface area contributed by atoms with Crippen LogP contribution in [0.5, 0.6) is 17.2 Å². The van der Waals surface area contributed by atoms with Crippen molar-refractivity contribution in [2.45, 2.75) is 13.8 Å². The van der Waals surface area contributed by atoms with E-state index < -0.39 is 5.91 Å². The van der Waals surface area contributed by atoms with E-state index in [1.165, 1.54) is 6.07 Å². The smallest absolute Gasteiger partial charge is 0.251 e. The van der Waals surface area contributed by atoms with Crippen molar-refractivity contribution < 1.29 is 14.6 Å². The summed E-state index contributed by atoms with van der Waals surface area (Å²) in [7, 11) is 0. The number of carbonyl (C=O) groups excluding carboxylic acids is 1. The van der Waals surface area contributed by atoms with E-state index in [0.29, 0.717) is 11.4 Å². The summed E-state index contributed by atoms with van der Waals surface area (Å²) in [5.41, 5.74) is 7.16. The lowest BCUT2D eigenvalue weighted by atomic mass is 10.1. The molecule has 0 atom stereocenters. The summed E-state index contributed by atoms with van der Waals surface area (Å²) in [6, 6.07) is 7.06. The minimum absolute atomic E-state index is 0.112. The number of nitrogens with two attached hydrogens (primary N) is 1. The van der Waals surface area contributed by atoms with Crippen LogP contribution in [0.2, 0.25) is 0 Å². The number of anilines is 1. The number of primary amides is 1. The Bertz CT molecular complexity index is 934. The normalized spacial score (nSPS) is 11.8. The van der Waals surface area contributed by atoms with Crippen LogP contribution in [-0.4, -0.2) is 24.1 Å². The van der Waals surface area contributed by atoms with Crippen molar-refractivity contribution in [2.24, 2.45) is 10.7 Å². The van der Waals surface area contributed by atoms with Crippen LogP contribution in [0.25, 0.3) is 6.58 Å². The molecule has 0 saturated heterocycles. The fraction of sp³-hybridized carbons (Fsp3) is 0.222. The highest BCUT2D eigenvalue weighted by molar-refractivity contribution is 5.93. The maximum Gasteiger partial charge on any atom is 0.251 e. The number of amides is 1. The van der Waals surface area contributed by atoms with E-state index in [9.17, 15) is 9.90 Å². The molecular formula is C18H19N3O3. The van der Waals surface area contributed by atoms with Gasteiger partial charge < -0.3 is 20.5 Å². The van der Waals surface area contributed by atoms with Crippen molar-refractivity contribution in [3.8, 4) is 17.2 Å². The molecule has 0 aliphatic carbocycles. The van der Waals surface area contributed by atoms with Crippen molar-refractivity contribution in [1.82, 2.24) is 0 Å². The van der Waals surface area contributed by atoms with Gasteiger partial charge in [-0.2, -0.15) is 0 Å². The Hall–Kier alpha value is -3.02. The molecule has 2 aromatic rings. The third kappa shape index (κ3) is 2.46. The lowest BCUT2D eigenvalue weighted by Gasteiger charge is -2.23. The molecule has 0 aromatic heterocycles. The Balaban J connectivity index is 2.22. The van der Waals surface area contributed by atoms with Crippen LogP contribution in [0.4, 0.5) is 11.4 Å². The molecule has 0 fully saturated rings. The molecule has 1 aliphatic heterocycles. The SMILES string of the molecule is C=c1cc(C(N)=O)c2c(c1O)Oc1cc(N(CC)CC)ccc1N=2. The average molecular weight is 325 g/mol. The topological polar surface area (TPSA) is 88.2 Å². The zero-order valence-electron chi connectivity index (χ0n) is 13.7. The second kappa shape index (κ2) is 5.88. The molecule has 0 unspecified atom stereocenters. The average Bonchev–Trinajstić information content (AvgIpc) is 2.57. The fourth-order valence-electron chi connectivity index (χ4n) is 2.78. The standard InChI is InChI=1S/C18H19N3O3/c1-4-21(5-2)11-6-7-13-14(9-11)24-17-15(20-13)12(18(19)23)8-10(3)16(17)22/h6-9,22H,3-5H2,1-2H3,(H2,19,23). The van der Waals surface area contributed by atoms with Gasteiger partial charge in [-0.3, -0.25) is 4.79 Å². The zero-order chi connectivity index (χ0) is 17.4. The second-order valence-corrected chi connectivity index (χ2v) is 5.51. The number of benzene rings is 2. The Labute approximate surface area is 139 Å². The predicted molar refractivity (Wildman–Crippen MR) is 92.7 cm³/mol. The predicted octanol–water partition coefficient (Wildman–Crippen LogP) is 1.80. The maximum absolute atomic E-state index is 11.7. The molecule has 124 valence electrons. The first-order valence-corrected chi connectivity index (χ1v) is 7.76. The quantitative estimate of drug-likeness (QED) is 0.765. The monoisotopic (exact) mass is 325 g/mol. The van der Waals surface area contributed by atoms with Crippen molar-refractivity contribution >= 4 is 23.9 Å². The van der Waals surface area contributed by atoms with Crippen molar-refractivity contribution in [2.75, 3.05) is 18.0 Å². The van der Waals surface area contributed by atoms with E-state index in [4.69, 9.17) is 10.5 Å². The number of nitrogens with zero attached hydrogens (tertiary/aromatic N) is 2. The summed E-state index contributed by atoms with van der Waals surface area (Å²) in [5.74, 6) is -0.159. The second-order valence-electron chi connectivity index (χ2n) is 5.51. The van der Waals surface area contributed by atoms with Crippen LogP contribution < -0.4 is 25.9 Å². The summed E-state index contributed by atoms with van der Waals surface area (Å²) in [4.78, 5) is 18.3. The van der Waals surface area contributed by atoms with Crippen LogP contribution in [0, 0.1) is 0 Å². The number of hydrogen-bond donors (Lipinski definition) is 2. The van der Waals surface area contributed by atoms with E-state index in [1.54, 1.807) is 0 Å². The molecule has 0 radical (unpaired) electrons. The van der Waals surface area contributed by atoms with Gasteiger partial charge in [0.2, 0.25) is 0 Å². The number of fused-ring (bicyclic) bond motifs is 2. The molecule has 1 amide bonds. The molecule has 6 heteroatoms. The van der Waals surface area contributed by atoms with Gasteiger partial charge in [-0.1, -0.05) is 6.58 Å². The van der Waals surface area contributed by atoms with Crippen molar-refractivity contribution in [3.05, 3.63) is 40.4 Å². The Morgan fingerprint density at radius 3 is 2.67 bits per heavy atom. The summed E-state index contributed by atoms with van der Waals surface area (Å²) in [5, 5.41) is 10.7. The molecule has 24 heavy (non-hydrogen) atoms. The highest BCUT2D eigenvalue weighted by Gasteiger charge is 2.22. The molecule has 1 heterocycles. The van der Waals surface area contributed by atoms with Gasteiger partial charge >= 0.3 is 0 Å². The largest absolute Gasteiger partial charge is 0.504 e. The van der Waals surface area contributed by atoms with E-state index in [-0.39, 0.29) is 27.6 Å². The van der Waals surface area contributed by atoms with Gasteiger partial charge in [0.25, 0.3) is 5.91 Å². The van der Waals surface area contributed by atoms with Gasteiger partial charge in [0.1, 0.15) is 11.0 Å². The van der Waals surface area contributed by atoms with Gasteiger partial charge in [0.15, 0.2) is 17.2 Å². The van der Waals surface area contributed by atoms with Crippen LogP contribution in [0.3, 0.4) is 0 Å². The van der Waals surface area contributed by atoms with E-state index in [0.717, 1.165) is 18.8 Å². The Morgan fingerprint density at radius 2 is 2.04 bits per heavy atom. The first-order valence-electron chi connectivity index (χ1n) is 7.76. The van der Waals surface area contributed by atoms with Gasteiger partial charge in [-0.25, -0.2) is 4.99 Å². The van der Waals surface area contributed by atoms with Crippen LogP contribution in [0.15, 0.2) is 29.3 Å². The molecule has 2 aromatic carbocycles.